The Morgan fingerprint density at radius 2 is 1.77 bits per heavy atom. The van der Waals surface area contributed by atoms with Crippen LogP contribution in [0.3, 0.4) is 0 Å². The SMILES string of the molecule is C[C@H]1C[C@H]1C(=O)N1CCN(C(=O)c2ccc(F)cc2Cl)CC1. The Morgan fingerprint density at radius 3 is 2.32 bits per heavy atom. The summed E-state index contributed by atoms with van der Waals surface area (Å²) in [6, 6.07) is 3.78. The number of rotatable bonds is 2. The van der Waals surface area contributed by atoms with Crippen molar-refractivity contribution in [2.45, 2.75) is 13.3 Å². The Kier molecular flexibility index (Phi) is 4.08. The van der Waals surface area contributed by atoms with E-state index in [1.54, 1.807) is 4.90 Å². The van der Waals surface area contributed by atoms with E-state index in [1.807, 2.05) is 4.90 Å². The number of halogens is 2. The van der Waals surface area contributed by atoms with Gasteiger partial charge in [-0.2, -0.15) is 0 Å². The Balaban J connectivity index is 1.61. The van der Waals surface area contributed by atoms with Crippen molar-refractivity contribution >= 4 is 23.4 Å². The summed E-state index contributed by atoms with van der Waals surface area (Å²) in [7, 11) is 0. The minimum absolute atomic E-state index is 0.121. The van der Waals surface area contributed by atoms with E-state index >= 15 is 0 Å². The maximum Gasteiger partial charge on any atom is 0.255 e. The molecule has 2 fully saturated rings. The van der Waals surface area contributed by atoms with Crippen LogP contribution < -0.4 is 0 Å². The zero-order chi connectivity index (χ0) is 15.9. The number of hydrogen-bond donors (Lipinski definition) is 0. The molecule has 6 heteroatoms. The molecule has 1 heterocycles. The first-order chi connectivity index (χ1) is 10.5. The van der Waals surface area contributed by atoms with Crippen LogP contribution in [0, 0.1) is 17.7 Å². The van der Waals surface area contributed by atoms with Gasteiger partial charge < -0.3 is 9.80 Å². The highest BCUT2D eigenvalue weighted by molar-refractivity contribution is 6.33. The predicted octanol–water partition coefficient (Wildman–Crippen LogP) is 2.42. The number of hydrogen-bond acceptors (Lipinski definition) is 2. The van der Waals surface area contributed by atoms with Gasteiger partial charge >= 0.3 is 0 Å². The van der Waals surface area contributed by atoms with Crippen LogP contribution in [-0.4, -0.2) is 47.8 Å². The Labute approximate surface area is 133 Å². The van der Waals surface area contributed by atoms with E-state index < -0.39 is 5.82 Å². The number of carbonyl (C=O) groups is 2. The summed E-state index contributed by atoms with van der Waals surface area (Å²) in [5.41, 5.74) is 0.304. The van der Waals surface area contributed by atoms with E-state index in [4.69, 9.17) is 11.6 Å². The number of nitrogens with zero attached hydrogens (tertiary/aromatic N) is 2. The molecule has 1 saturated carbocycles. The van der Waals surface area contributed by atoms with Crippen LogP contribution in [-0.2, 0) is 4.79 Å². The van der Waals surface area contributed by atoms with Gasteiger partial charge in [0.15, 0.2) is 0 Å². The molecule has 4 nitrogen and oxygen atoms in total. The van der Waals surface area contributed by atoms with Crippen LogP contribution in [0.2, 0.25) is 5.02 Å². The summed E-state index contributed by atoms with van der Waals surface area (Å²) < 4.78 is 13.1. The lowest BCUT2D eigenvalue weighted by atomic mass is 10.1. The largest absolute Gasteiger partial charge is 0.339 e. The molecule has 0 spiro atoms. The molecule has 1 aliphatic carbocycles. The van der Waals surface area contributed by atoms with Gasteiger partial charge in [-0.05, 0) is 30.5 Å². The predicted molar refractivity (Wildman–Crippen MR) is 81.2 cm³/mol. The fourth-order valence-corrected chi connectivity index (χ4v) is 3.11. The normalized spacial score (nSPS) is 24.3. The second-order valence-electron chi connectivity index (χ2n) is 6.06. The molecule has 1 aromatic carbocycles. The second kappa shape index (κ2) is 5.88. The zero-order valence-electron chi connectivity index (χ0n) is 12.4. The average molecular weight is 325 g/mol. The van der Waals surface area contributed by atoms with Gasteiger partial charge in [0.25, 0.3) is 5.91 Å². The first-order valence-electron chi connectivity index (χ1n) is 7.50. The summed E-state index contributed by atoms with van der Waals surface area (Å²) in [5, 5.41) is 0.121. The van der Waals surface area contributed by atoms with E-state index in [-0.39, 0.29) is 22.8 Å². The molecule has 0 aromatic heterocycles. The quantitative estimate of drug-likeness (QED) is 0.838. The van der Waals surface area contributed by atoms with Gasteiger partial charge in [0.2, 0.25) is 5.91 Å². The van der Waals surface area contributed by atoms with Crippen molar-refractivity contribution in [2.75, 3.05) is 26.2 Å². The third-order valence-electron chi connectivity index (χ3n) is 4.47. The summed E-state index contributed by atoms with van der Waals surface area (Å²) in [6.07, 6.45) is 0.975. The van der Waals surface area contributed by atoms with Crippen molar-refractivity contribution < 1.29 is 14.0 Å². The molecule has 2 atom stereocenters. The first-order valence-corrected chi connectivity index (χ1v) is 7.88. The maximum atomic E-state index is 13.1. The van der Waals surface area contributed by atoms with E-state index in [2.05, 4.69) is 6.92 Å². The average Bonchev–Trinajstić information content (AvgIpc) is 3.23. The molecule has 3 rings (SSSR count). The van der Waals surface area contributed by atoms with E-state index in [0.717, 1.165) is 12.5 Å². The highest BCUT2D eigenvalue weighted by Gasteiger charge is 2.42. The lowest BCUT2D eigenvalue weighted by molar-refractivity contribution is -0.134. The third kappa shape index (κ3) is 2.95. The lowest BCUT2D eigenvalue weighted by Crippen LogP contribution is -2.51. The van der Waals surface area contributed by atoms with Crippen molar-refractivity contribution in [2.24, 2.45) is 11.8 Å². The second-order valence-corrected chi connectivity index (χ2v) is 6.47. The molecular weight excluding hydrogens is 307 g/mol. The molecule has 0 bridgehead atoms. The van der Waals surface area contributed by atoms with E-state index in [1.165, 1.54) is 12.1 Å². The van der Waals surface area contributed by atoms with Gasteiger partial charge in [-0.25, -0.2) is 4.39 Å². The Bertz CT molecular complexity index is 614. The van der Waals surface area contributed by atoms with Crippen LogP contribution in [0.4, 0.5) is 4.39 Å². The molecule has 2 amide bonds. The number of carbonyl (C=O) groups excluding carboxylic acids is 2. The molecular formula is C16H18ClFN2O2. The molecule has 0 unspecified atom stereocenters. The van der Waals surface area contributed by atoms with Gasteiger partial charge in [-0.3, -0.25) is 9.59 Å². The fourth-order valence-electron chi connectivity index (χ4n) is 2.86. The topological polar surface area (TPSA) is 40.6 Å². The summed E-state index contributed by atoms with van der Waals surface area (Å²) >= 11 is 5.94. The van der Waals surface area contributed by atoms with Crippen molar-refractivity contribution in [1.82, 2.24) is 9.80 Å². The summed E-state index contributed by atoms with van der Waals surface area (Å²) in [5.74, 6) is 0.200. The molecule has 118 valence electrons. The van der Waals surface area contributed by atoms with Gasteiger partial charge in [0, 0.05) is 32.1 Å². The number of amides is 2. The molecule has 22 heavy (non-hydrogen) atoms. The van der Waals surface area contributed by atoms with Gasteiger partial charge in [0.05, 0.1) is 10.6 Å². The summed E-state index contributed by atoms with van der Waals surface area (Å²) in [4.78, 5) is 28.1. The monoisotopic (exact) mass is 324 g/mol. The number of piperazine rings is 1. The number of benzene rings is 1. The van der Waals surface area contributed by atoms with Crippen molar-refractivity contribution in [3.63, 3.8) is 0 Å². The minimum Gasteiger partial charge on any atom is -0.339 e. The fraction of sp³-hybridized carbons (Fsp3) is 0.500. The van der Waals surface area contributed by atoms with Crippen molar-refractivity contribution in [1.29, 1.82) is 0 Å². The minimum atomic E-state index is -0.462. The van der Waals surface area contributed by atoms with Crippen LogP contribution in [0.5, 0.6) is 0 Å². The third-order valence-corrected chi connectivity index (χ3v) is 4.78. The molecule has 0 radical (unpaired) electrons. The molecule has 1 saturated heterocycles. The van der Waals surface area contributed by atoms with Crippen LogP contribution in [0.25, 0.3) is 0 Å². The highest BCUT2D eigenvalue weighted by atomic mass is 35.5. The molecule has 1 aromatic rings. The lowest BCUT2D eigenvalue weighted by Gasteiger charge is -2.35. The zero-order valence-corrected chi connectivity index (χ0v) is 13.1. The van der Waals surface area contributed by atoms with Gasteiger partial charge in [-0.15, -0.1) is 0 Å². The standard InChI is InChI=1S/C16H18ClFN2O2/c1-10-8-13(10)16(22)20-6-4-19(5-7-20)15(21)12-3-2-11(18)9-14(12)17/h2-3,9-10,13H,4-8H2,1H3/t10-,13+/m0/s1. The smallest absolute Gasteiger partial charge is 0.255 e. The highest BCUT2D eigenvalue weighted by Crippen LogP contribution is 2.39. The summed E-state index contributed by atoms with van der Waals surface area (Å²) in [6.45, 7) is 4.15. The van der Waals surface area contributed by atoms with Crippen LogP contribution in [0.1, 0.15) is 23.7 Å². The Hall–Kier alpha value is -1.62. The van der Waals surface area contributed by atoms with Crippen LogP contribution >= 0.6 is 11.6 Å². The molecule has 0 N–H and O–H groups in total. The van der Waals surface area contributed by atoms with Gasteiger partial charge in [-0.1, -0.05) is 18.5 Å². The van der Waals surface area contributed by atoms with Gasteiger partial charge in [0.1, 0.15) is 5.82 Å². The van der Waals surface area contributed by atoms with E-state index in [0.29, 0.717) is 37.7 Å². The first kappa shape index (κ1) is 15.3. The Morgan fingerprint density at radius 1 is 1.18 bits per heavy atom. The van der Waals surface area contributed by atoms with Crippen LogP contribution in [0.15, 0.2) is 18.2 Å². The molecule has 1 aliphatic heterocycles. The maximum absolute atomic E-state index is 13.1. The van der Waals surface area contributed by atoms with Crippen molar-refractivity contribution in [3.8, 4) is 0 Å². The van der Waals surface area contributed by atoms with E-state index in [9.17, 15) is 14.0 Å². The van der Waals surface area contributed by atoms with Crippen molar-refractivity contribution in [3.05, 3.63) is 34.6 Å². The molecule has 2 aliphatic rings.